The Balaban J connectivity index is 2.14. The summed E-state index contributed by atoms with van der Waals surface area (Å²) in [5.74, 6) is -0.0192. The number of carbonyl (C=O) groups excluding carboxylic acids is 1. The summed E-state index contributed by atoms with van der Waals surface area (Å²) in [5.41, 5.74) is 0.647. The van der Waals surface area contributed by atoms with Crippen LogP contribution in [0.25, 0.3) is 0 Å². The van der Waals surface area contributed by atoms with Crippen LogP contribution in [-0.2, 0) is 0 Å². The van der Waals surface area contributed by atoms with Crippen LogP contribution in [0.4, 0.5) is 0 Å². The van der Waals surface area contributed by atoms with E-state index in [9.17, 15) is 9.90 Å². The molecular weight excluding hydrogens is 224 g/mol. The van der Waals surface area contributed by atoms with Gasteiger partial charge in [-0.25, -0.2) is 4.98 Å². The Bertz CT molecular complexity index is 397. The Morgan fingerprint density at radius 1 is 1.69 bits per heavy atom. The molecule has 1 atom stereocenters. The van der Waals surface area contributed by atoms with Crippen LogP contribution >= 0.6 is 11.8 Å². The third-order valence-corrected chi connectivity index (χ3v) is 3.28. The van der Waals surface area contributed by atoms with Gasteiger partial charge in [0.25, 0.3) is 5.91 Å². The molecule has 1 fully saturated rings. The number of aliphatic hydroxyl groups is 1. The van der Waals surface area contributed by atoms with Gasteiger partial charge in [0.15, 0.2) is 0 Å². The molecule has 1 aromatic rings. The molecule has 1 aliphatic heterocycles. The van der Waals surface area contributed by atoms with Gasteiger partial charge in [0.2, 0.25) is 0 Å². The number of aliphatic hydroxyl groups excluding tert-OH is 1. The fourth-order valence-corrected chi connectivity index (χ4v) is 2.17. The fourth-order valence-electron chi connectivity index (χ4n) is 1.76. The van der Waals surface area contributed by atoms with Gasteiger partial charge in [-0.3, -0.25) is 4.79 Å². The topological polar surface area (TPSA) is 53.4 Å². The molecule has 1 aromatic heterocycles. The summed E-state index contributed by atoms with van der Waals surface area (Å²) in [6.45, 7) is 1.08. The third-order valence-electron chi connectivity index (χ3n) is 2.64. The zero-order valence-corrected chi connectivity index (χ0v) is 9.91. The summed E-state index contributed by atoms with van der Waals surface area (Å²) in [6, 6.07) is 3.50. The molecule has 5 heteroatoms. The Morgan fingerprint density at radius 3 is 3.12 bits per heavy atom. The van der Waals surface area contributed by atoms with Crippen LogP contribution in [0.5, 0.6) is 0 Å². The van der Waals surface area contributed by atoms with Gasteiger partial charge in [0, 0.05) is 24.8 Å². The number of β-amino-alcohol motifs (C(OH)–C–C–N with tert-alkyl or cyclic N) is 1. The Hall–Kier alpha value is -1.07. The zero-order chi connectivity index (χ0) is 11.5. The van der Waals surface area contributed by atoms with Gasteiger partial charge in [-0.05, 0) is 24.8 Å². The van der Waals surface area contributed by atoms with Crippen LogP contribution in [0.1, 0.15) is 16.8 Å². The normalized spacial score (nSPS) is 20.1. The van der Waals surface area contributed by atoms with Crippen molar-refractivity contribution >= 4 is 17.7 Å². The van der Waals surface area contributed by atoms with Crippen LogP contribution in [0.15, 0.2) is 23.4 Å². The number of hydrogen-bond acceptors (Lipinski definition) is 4. The molecule has 4 nitrogen and oxygen atoms in total. The lowest BCUT2D eigenvalue weighted by Gasteiger charge is -2.15. The summed E-state index contributed by atoms with van der Waals surface area (Å²) in [4.78, 5) is 17.8. The zero-order valence-electron chi connectivity index (χ0n) is 9.09. The molecule has 1 amide bonds. The van der Waals surface area contributed by atoms with Crippen LogP contribution < -0.4 is 0 Å². The molecule has 16 heavy (non-hydrogen) atoms. The number of thioether (sulfide) groups is 1. The summed E-state index contributed by atoms with van der Waals surface area (Å²) < 4.78 is 0. The molecule has 0 aliphatic carbocycles. The number of aromatic nitrogens is 1. The number of pyridine rings is 1. The van der Waals surface area contributed by atoms with Crippen molar-refractivity contribution in [3.63, 3.8) is 0 Å². The SMILES string of the molecule is CSc1cc(C(=O)N2CC[C@@H](O)C2)ccn1. The van der Waals surface area contributed by atoms with Crippen LogP contribution in [0.3, 0.4) is 0 Å². The highest BCUT2D eigenvalue weighted by atomic mass is 32.2. The van der Waals surface area contributed by atoms with E-state index < -0.39 is 0 Å². The van der Waals surface area contributed by atoms with E-state index in [0.29, 0.717) is 25.1 Å². The van der Waals surface area contributed by atoms with Crippen molar-refractivity contribution in [2.45, 2.75) is 17.6 Å². The maximum atomic E-state index is 12.0. The quantitative estimate of drug-likeness (QED) is 0.781. The molecule has 0 aromatic carbocycles. The first-order valence-electron chi connectivity index (χ1n) is 5.18. The van der Waals surface area contributed by atoms with Crippen molar-refractivity contribution in [3.8, 4) is 0 Å². The molecule has 2 rings (SSSR count). The molecule has 0 unspecified atom stereocenters. The van der Waals surface area contributed by atoms with Gasteiger partial charge in [0.1, 0.15) is 0 Å². The standard InChI is InChI=1S/C11H14N2O2S/c1-16-10-6-8(2-4-12-10)11(15)13-5-3-9(14)7-13/h2,4,6,9,14H,3,5,7H2,1H3/t9-/m1/s1. The van der Waals surface area contributed by atoms with Crippen molar-refractivity contribution in [2.75, 3.05) is 19.3 Å². The first-order valence-corrected chi connectivity index (χ1v) is 6.40. The number of nitrogens with zero attached hydrogens (tertiary/aromatic N) is 2. The van der Waals surface area contributed by atoms with Crippen molar-refractivity contribution < 1.29 is 9.90 Å². The van der Waals surface area contributed by atoms with Gasteiger partial charge in [0.05, 0.1) is 11.1 Å². The van der Waals surface area contributed by atoms with E-state index in [1.807, 2.05) is 6.26 Å². The predicted molar refractivity (Wildman–Crippen MR) is 62.5 cm³/mol. The van der Waals surface area contributed by atoms with Crippen LogP contribution in [0.2, 0.25) is 0 Å². The van der Waals surface area contributed by atoms with E-state index in [1.165, 1.54) is 11.8 Å². The minimum atomic E-state index is -0.370. The molecule has 2 heterocycles. The fraction of sp³-hybridized carbons (Fsp3) is 0.455. The van der Waals surface area contributed by atoms with Gasteiger partial charge in [-0.2, -0.15) is 0 Å². The lowest BCUT2D eigenvalue weighted by atomic mass is 10.2. The van der Waals surface area contributed by atoms with E-state index in [0.717, 1.165) is 5.03 Å². The Morgan fingerprint density at radius 2 is 2.50 bits per heavy atom. The summed E-state index contributed by atoms with van der Waals surface area (Å²) in [6.07, 6.45) is 3.87. The minimum absolute atomic E-state index is 0.0192. The maximum Gasteiger partial charge on any atom is 0.254 e. The van der Waals surface area contributed by atoms with Crippen molar-refractivity contribution in [3.05, 3.63) is 23.9 Å². The minimum Gasteiger partial charge on any atom is -0.391 e. The molecule has 1 saturated heterocycles. The lowest BCUT2D eigenvalue weighted by molar-refractivity contribution is 0.0764. The number of rotatable bonds is 2. The predicted octanol–water partition coefficient (Wildman–Crippen LogP) is 1.01. The maximum absolute atomic E-state index is 12.0. The second-order valence-corrected chi connectivity index (χ2v) is 4.61. The molecule has 0 bridgehead atoms. The Kier molecular flexibility index (Phi) is 3.46. The smallest absolute Gasteiger partial charge is 0.254 e. The summed E-state index contributed by atoms with van der Waals surface area (Å²) >= 11 is 1.51. The van der Waals surface area contributed by atoms with E-state index in [-0.39, 0.29) is 12.0 Å². The second kappa shape index (κ2) is 4.84. The second-order valence-electron chi connectivity index (χ2n) is 3.78. The molecule has 1 aliphatic rings. The van der Waals surface area contributed by atoms with Crippen LogP contribution in [0, 0.1) is 0 Å². The number of carbonyl (C=O) groups is 1. The summed E-state index contributed by atoms with van der Waals surface area (Å²) in [7, 11) is 0. The third kappa shape index (κ3) is 2.36. The highest BCUT2D eigenvalue weighted by molar-refractivity contribution is 7.98. The van der Waals surface area contributed by atoms with Crippen molar-refractivity contribution in [1.29, 1.82) is 0 Å². The van der Waals surface area contributed by atoms with Crippen molar-refractivity contribution in [2.24, 2.45) is 0 Å². The molecule has 0 radical (unpaired) electrons. The average Bonchev–Trinajstić information content (AvgIpc) is 2.75. The highest BCUT2D eigenvalue weighted by Gasteiger charge is 2.25. The number of hydrogen-bond donors (Lipinski definition) is 1. The van der Waals surface area contributed by atoms with Gasteiger partial charge in [-0.1, -0.05) is 0 Å². The first kappa shape index (κ1) is 11.4. The van der Waals surface area contributed by atoms with Crippen LogP contribution in [-0.4, -0.2) is 46.3 Å². The number of likely N-dealkylation sites (tertiary alicyclic amines) is 1. The van der Waals surface area contributed by atoms with Gasteiger partial charge >= 0.3 is 0 Å². The molecule has 0 spiro atoms. The van der Waals surface area contributed by atoms with Gasteiger partial charge in [-0.15, -0.1) is 11.8 Å². The number of amides is 1. The van der Waals surface area contributed by atoms with E-state index >= 15 is 0 Å². The molecular formula is C11H14N2O2S. The first-order chi connectivity index (χ1) is 7.70. The molecule has 86 valence electrons. The average molecular weight is 238 g/mol. The van der Waals surface area contributed by atoms with Gasteiger partial charge < -0.3 is 10.0 Å². The lowest BCUT2D eigenvalue weighted by Crippen LogP contribution is -2.29. The summed E-state index contributed by atoms with van der Waals surface area (Å²) in [5, 5.41) is 10.2. The van der Waals surface area contributed by atoms with E-state index in [2.05, 4.69) is 4.98 Å². The van der Waals surface area contributed by atoms with E-state index in [4.69, 9.17) is 0 Å². The van der Waals surface area contributed by atoms with E-state index in [1.54, 1.807) is 23.2 Å². The molecule has 0 saturated carbocycles. The highest BCUT2D eigenvalue weighted by Crippen LogP contribution is 2.17. The molecule has 1 N–H and O–H groups in total. The Labute approximate surface area is 98.7 Å². The monoisotopic (exact) mass is 238 g/mol. The largest absolute Gasteiger partial charge is 0.391 e. The van der Waals surface area contributed by atoms with Crippen molar-refractivity contribution in [1.82, 2.24) is 9.88 Å².